The van der Waals surface area contributed by atoms with E-state index in [1.165, 1.54) is 0 Å². The maximum atomic E-state index is 9.72. The van der Waals surface area contributed by atoms with Gasteiger partial charge in [0.15, 0.2) is 0 Å². The Labute approximate surface area is 51.9 Å². The molecule has 0 saturated carbocycles. The van der Waals surface area contributed by atoms with Crippen molar-refractivity contribution in [1.29, 1.82) is 0 Å². The molecule has 0 rings (SSSR count). The number of hydrogen-bond donors (Lipinski definition) is 1. The molecule has 0 saturated heterocycles. The number of carboxylic acids is 1. The van der Waals surface area contributed by atoms with Gasteiger partial charge in [0.2, 0.25) is 0 Å². The molecule has 0 aliphatic rings. The Bertz CT molecular complexity index is 97.9. The summed E-state index contributed by atoms with van der Waals surface area (Å²) in [5.41, 5.74) is 0. The van der Waals surface area contributed by atoms with Crippen LogP contribution in [-0.2, 0) is 34.3 Å². The van der Waals surface area contributed by atoms with Gasteiger partial charge in [-0.25, -0.2) is 0 Å². The number of hydrogen-bond acceptors (Lipinski definition) is 3. The van der Waals surface area contributed by atoms with Crippen LogP contribution in [0, 0.1) is 0 Å². The first-order valence-corrected chi connectivity index (χ1v) is 2.58. The monoisotopic (exact) mass is 270 g/mol. The van der Waals surface area contributed by atoms with Crippen molar-refractivity contribution >= 4 is 11.9 Å². The molecule has 0 heterocycles. The summed E-state index contributed by atoms with van der Waals surface area (Å²) in [6.45, 7) is 0. The molecule has 0 atom stereocenters. The SMILES string of the molecule is O=C(O)C(=O)[O][Ta]. The molecular weight excluding hydrogens is 269 g/mol. The number of carbonyl (C=O) groups is 2. The molecule has 38 valence electrons. The predicted molar refractivity (Wildman–Crippen MR) is 13.7 cm³/mol. The van der Waals surface area contributed by atoms with Crippen LogP contribution in [0.5, 0.6) is 0 Å². The van der Waals surface area contributed by atoms with E-state index in [0.29, 0.717) is 21.5 Å². The van der Waals surface area contributed by atoms with E-state index in [-0.39, 0.29) is 0 Å². The topological polar surface area (TPSA) is 63.6 Å². The third-order valence-corrected chi connectivity index (χ3v) is 0.853. The van der Waals surface area contributed by atoms with E-state index in [2.05, 4.69) is 3.24 Å². The summed E-state index contributed by atoms with van der Waals surface area (Å²) in [5.74, 6) is -2.73. The third kappa shape index (κ3) is 2.38. The normalized spacial score (nSPS) is 7.43. The number of rotatable bonds is 0. The van der Waals surface area contributed by atoms with Crippen molar-refractivity contribution in [2.24, 2.45) is 0 Å². The van der Waals surface area contributed by atoms with Crippen molar-refractivity contribution in [1.82, 2.24) is 0 Å². The Morgan fingerprint density at radius 1 is 1.57 bits per heavy atom. The second-order valence-electron chi connectivity index (χ2n) is 0.684. The quantitative estimate of drug-likeness (QED) is 0.578. The van der Waals surface area contributed by atoms with Gasteiger partial charge in [-0.2, -0.15) is 0 Å². The van der Waals surface area contributed by atoms with Gasteiger partial charge in [-0.1, -0.05) is 0 Å². The number of carboxylic acid groups (broad SMARTS) is 1. The molecule has 0 aliphatic heterocycles. The fourth-order valence-corrected chi connectivity index (χ4v) is 0.320. The minimum atomic E-state index is -1.54. The van der Waals surface area contributed by atoms with Crippen LogP contribution < -0.4 is 0 Å². The Kier molecular flexibility index (Phi) is 2.66. The van der Waals surface area contributed by atoms with Crippen molar-refractivity contribution < 1.29 is 39.4 Å². The molecular formula is C2HO4Ta. The second kappa shape index (κ2) is 2.79. The van der Waals surface area contributed by atoms with Crippen molar-refractivity contribution in [3.63, 3.8) is 0 Å². The zero-order valence-corrected chi connectivity index (χ0v) is 6.33. The fourth-order valence-electron chi connectivity index (χ4n) is 0.0390. The second-order valence-corrected chi connectivity index (χ2v) is 1.34. The van der Waals surface area contributed by atoms with Crippen molar-refractivity contribution in [2.75, 3.05) is 0 Å². The Morgan fingerprint density at radius 2 is 2.00 bits per heavy atom. The fraction of sp³-hybridized carbons (Fsp3) is 0. The van der Waals surface area contributed by atoms with Crippen LogP contribution in [0.3, 0.4) is 0 Å². The molecule has 1 N–H and O–H groups in total. The molecule has 0 aromatic heterocycles. The third-order valence-electron chi connectivity index (χ3n) is 0.258. The Morgan fingerprint density at radius 3 is 2.00 bits per heavy atom. The van der Waals surface area contributed by atoms with Crippen LogP contribution in [0.1, 0.15) is 0 Å². The van der Waals surface area contributed by atoms with E-state index >= 15 is 0 Å². The molecule has 0 aromatic rings. The molecule has 0 unspecified atom stereocenters. The first-order valence-electron chi connectivity index (χ1n) is 1.27. The van der Waals surface area contributed by atoms with E-state index in [4.69, 9.17) is 5.11 Å². The molecule has 0 fully saturated rings. The molecule has 0 aliphatic carbocycles. The summed E-state index contributed by atoms with van der Waals surface area (Å²) in [5, 5.41) is 7.73. The average molecular weight is 270 g/mol. The number of aliphatic carboxylic acids is 1. The van der Waals surface area contributed by atoms with Gasteiger partial charge in [0.05, 0.1) is 0 Å². The summed E-state index contributed by atoms with van der Waals surface area (Å²) in [7, 11) is 0. The molecule has 0 amide bonds. The number of carbonyl (C=O) groups excluding carboxylic acids is 1. The molecule has 7 heavy (non-hydrogen) atoms. The van der Waals surface area contributed by atoms with Gasteiger partial charge in [0.25, 0.3) is 0 Å². The molecule has 0 aromatic carbocycles. The molecule has 0 spiro atoms. The maximum absolute atomic E-state index is 9.72. The average Bonchev–Trinajstić information content (AvgIpc) is 1.65. The van der Waals surface area contributed by atoms with Crippen LogP contribution in [0.15, 0.2) is 0 Å². The summed E-state index contributed by atoms with van der Waals surface area (Å²) >= 11 is 0.314. The van der Waals surface area contributed by atoms with Crippen LogP contribution >= 0.6 is 0 Å². The van der Waals surface area contributed by atoms with Crippen LogP contribution in [0.25, 0.3) is 0 Å². The van der Waals surface area contributed by atoms with E-state index < -0.39 is 11.9 Å². The zero-order valence-electron chi connectivity index (χ0n) is 3.12. The van der Waals surface area contributed by atoms with Gasteiger partial charge in [0, 0.05) is 0 Å². The zero-order chi connectivity index (χ0) is 5.86. The standard InChI is InChI=1S/C2H2O4.Ta/c3-1(4)2(5)6;/h(H,3,4)(H,5,6);/q;+1/p-1. The molecule has 5 heteroatoms. The van der Waals surface area contributed by atoms with Gasteiger partial charge in [0.1, 0.15) is 0 Å². The van der Waals surface area contributed by atoms with Crippen LogP contribution in [0.4, 0.5) is 0 Å². The van der Waals surface area contributed by atoms with E-state index in [1.54, 1.807) is 0 Å². The van der Waals surface area contributed by atoms with Crippen LogP contribution in [0.2, 0.25) is 0 Å². The van der Waals surface area contributed by atoms with Gasteiger partial charge < -0.3 is 0 Å². The van der Waals surface area contributed by atoms with Gasteiger partial charge in [-0.3, -0.25) is 0 Å². The summed E-state index contributed by atoms with van der Waals surface area (Å²) < 4.78 is 3.88. The summed E-state index contributed by atoms with van der Waals surface area (Å²) in [6.07, 6.45) is 0. The van der Waals surface area contributed by atoms with Crippen molar-refractivity contribution in [3.05, 3.63) is 0 Å². The van der Waals surface area contributed by atoms with E-state index in [0.717, 1.165) is 0 Å². The molecule has 0 radical (unpaired) electrons. The Hall–Kier alpha value is -0.320. The van der Waals surface area contributed by atoms with Crippen LogP contribution in [-0.4, -0.2) is 17.0 Å². The first kappa shape index (κ1) is 6.68. The van der Waals surface area contributed by atoms with Gasteiger partial charge in [-0.15, -0.1) is 0 Å². The van der Waals surface area contributed by atoms with Crippen molar-refractivity contribution in [3.8, 4) is 0 Å². The van der Waals surface area contributed by atoms with E-state index in [9.17, 15) is 9.59 Å². The minimum absolute atomic E-state index is 0.314. The summed E-state index contributed by atoms with van der Waals surface area (Å²) in [6, 6.07) is 0. The molecule has 0 bridgehead atoms. The van der Waals surface area contributed by atoms with Gasteiger partial charge >= 0.3 is 51.3 Å². The van der Waals surface area contributed by atoms with E-state index in [1.807, 2.05) is 0 Å². The van der Waals surface area contributed by atoms with Crippen molar-refractivity contribution in [2.45, 2.75) is 0 Å². The summed E-state index contributed by atoms with van der Waals surface area (Å²) in [4.78, 5) is 19.2. The Balaban J connectivity index is 3.58. The first-order chi connectivity index (χ1) is 3.18. The molecule has 4 nitrogen and oxygen atoms in total. The van der Waals surface area contributed by atoms with Gasteiger partial charge in [-0.05, 0) is 0 Å². The predicted octanol–water partition coefficient (Wildman–Crippen LogP) is -0.924.